The fourth-order valence-electron chi connectivity index (χ4n) is 1.46. The molecular weight excluding hydrogens is 181 g/mol. The highest BCUT2D eigenvalue weighted by atomic mass is 19.1. The predicted molar refractivity (Wildman–Crippen MR) is 52.4 cm³/mol. The molecule has 0 spiro atoms. The molecule has 2 N–H and O–H groups in total. The summed E-state index contributed by atoms with van der Waals surface area (Å²) in [6, 6.07) is 4.84. The molecule has 2 aromatic rings. The number of fused-ring (bicyclic) bond motifs is 1. The Morgan fingerprint density at radius 2 is 2.14 bits per heavy atom. The second kappa shape index (κ2) is 2.78. The minimum absolute atomic E-state index is 0.339. The van der Waals surface area contributed by atoms with E-state index in [0.29, 0.717) is 5.82 Å². The zero-order valence-corrected chi connectivity index (χ0v) is 8.16. The first-order chi connectivity index (χ1) is 6.50. The van der Waals surface area contributed by atoms with Gasteiger partial charge in [0.1, 0.15) is 5.82 Å². The molecule has 0 radical (unpaired) electrons. The summed E-state index contributed by atoms with van der Waals surface area (Å²) in [5.41, 5.74) is 5.96. The molecule has 0 unspecified atom stereocenters. The first-order valence-corrected chi connectivity index (χ1v) is 4.41. The van der Waals surface area contributed by atoms with Crippen LogP contribution in [0.15, 0.2) is 24.4 Å². The van der Waals surface area contributed by atoms with Gasteiger partial charge in [0.05, 0.1) is 17.3 Å². The minimum Gasteiger partial charge on any atom is -0.319 e. The summed E-state index contributed by atoms with van der Waals surface area (Å²) in [5, 5.41) is 0. The van der Waals surface area contributed by atoms with Crippen molar-refractivity contribution in [2.75, 3.05) is 0 Å². The van der Waals surface area contributed by atoms with E-state index in [1.165, 1.54) is 10.5 Å². The van der Waals surface area contributed by atoms with E-state index < -0.39 is 5.54 Å². The molecule has 0 fully saturated rings. The van der Waals surface area contributed by atoms with Crippen LogP contribution in [0.3, 0.4) is 0 Å². The van der Waals surface area contributed by atoms with E-state index in [1.54, 1.807) is 32.2 Å². The molecule has 2 aromatic heterocycles. The van der Waals surface area contributed by atoms with Gasteiger partial charge in [-0.05, 0) is 26.0 Å². The van der Waals surface area contributed by atoms with Crippen LogP contribution in [0.4, 0.5) is 4.39 Å². The van der Waals surface area contributed by atoms with Gasteiger partial charge in [-0.25, -0.2) is 4.98 Å². The summed E-state index contributed by atoms with van der Waals surface area (Å²) in [5.74, 6) is 0.194. The highest BCUT2D eigenvalue weighted by Gasteiger charge is 2.21. The summed E-state index contributed by atoms with van der Waals surface area (Å²) in [6.07, 6.45) is 1.62. The van der Waals surface area contributed by atoms with Crippen LogP contribution in [0, 0.1) is 5.95 Å². The summed E-state index contributed by atoms with van der Waals surface area (Å²) >= 11 is 0. The Kier molecular flexibility index (Phi) is 1.82. The van der Waals surface area contributed by atoms with Gasteiger partial charge in [0.25, 0.3) is 0 Å². The van der Waals surface area contributed by atoms with E-state index in [4.69, 9.17) is 5.73 Å². The molecule has 0 bridgehead atoms. The normalized spacial score (nSPS) is 12.3. The molecule has 2 rings (SSSR count). The molecule has 14 heavy (non-hydrogen) atoms. The molecule has 0 saturated carbocycles. The lowest BCUT2D eigenvalue weighted by Crippen LogP contribution is -2.31. The second-order valence-electron chi connectivity index (χ2n) is 3.91. The van der Waals surface area contributed by atoms with Crippen molar-refractivity contribution < 1.29 is 4.39 Å². The Balaban J connectivity index is 2.80. The Hall–Kier alpha value is -1.42. The van der Waals surface area contributed by atoms with Gasteiger partial charge < -0.3 is 5.73 Å². The number of aromatic nitrogens is 2. The smallest absolute Gasteiger partial charge is 0.199 e. The third-order valence-corrected chi connectivity index (χ3v) is 2.08. The van der Waals surface area contributed by atoms with Crippen LogP contribution >= 0.6 is 0 Å². The number of imidazole rings is 1. The summed E-state index contributed by atoms with van der Waals surface area (Å²) in [6.45, 7) is 3.60. The number of rotatable bonds is 1. The van der Waals surface area contributed by atoms with E-state index in [9.17, 15) is 4.39 Å². The van der Waals surface area contributed by atoms with Crippen molar-refractivity contribution in [1.82, 2.24) is 9.38 Å². The van der Waals surface area contributed by atoms with Crippen molar-refractivity contribution >= 4 is 5.52 Å². The van der Waals surface area contributed by atoms with Gasteiger partial charge in [0.15, 0.2) is 5.95 Å². The molecule has 0 aromatic carbocycles. The molecule has 3 nitrogen and oxygen atoms in total. The Bertz CT molecular complexity index is 468. The lowest BCUT2D eigenvalue weighted by atomic mass is 10.1. The van der Waals surface area contributed by atoms with Crippen LogP contribution in [0.2, 0.25) is 0 Å². The summed E-state index contributed by atoms with van der Waals surface area (Å²) < 4.78 is 14.9. The average molecular weight is 193 g/mol. The van der Waals surface area contributed by atoms with Crippen molar-refractivity contribution in [1.29, 1.82) is 0 Å². The topological polar surface area (TPSA) is 43.3 Å². The third-order valence-electron chi connectivity index (χ3n) is 2.08. The molecule has 74 valence electrons. The van der Waals surface area contributed by atoms with Crippen LogP contribution in [0.25, 0.3) is 5.52 Å². The van der Waals surface area contributed by atoms with Gasteiger partial charge in [0, 0.05) is 0 Å². The SMILES string of the molecule is CC(C)(N)c1ncc2cccc(F)n12. The van der Waals surface area contributed by atoms with Gasteiger partial charge in [-0.15, -0.1) is 0 Å². The number of halogens is 1. The summed E-state index contributed by atoms with van der Waals surface area (Å²) in [4.78, 5) is 4.13. The fourth-order valence-corrected chi connectivity index (χ4v) is 1.46. The number of hydrogen-bond acceptors (Lipinski definition) is 2. The summed E-state index contributed by atoms with van der Waals surface area (Å²) in [7, 11) is 0. The quantitative estimate of drug-likeness (QED) is 0.700. The Labute approximate surface area is 81.4 Å². The van der Waals surface area contributed by atoms with Crippen LogP contribution in [-0.2, 0) is 5.54 Å². The zero-order valence-electron chi connectivity index (χ0n) is 8.16. The van der Waals surface area contributed by atoms with Crippen LogP contribution in [0.5, 0.6) is 0 Å². The monoisotopic (exact) mass is 193 g/mol. The van der Waals surface area contributed by atoms with Crippen LogP contribution in [0.1, 0.15) is 19.7 Å². The number of pyridine rings is 1. The van der Waals surface area contributed by atoms with Gasteiger partial charge in [-0.1, -0.05) is 6.07 Å². The van der Waals surface area contributed by atoms with Crippen molar-refractivity contribution in [2.45, 2.75) is 19.4 Å². The first-order valence-electron chi connectivity index (χ1n) is 4.41. The Morgan fingerprint density at radius 1 is 1.43 bits per heavy atom. The zero-order chi connectivity index (χ0) is 10.3. The fraction of sp³-hybridized carbons (Fsp3) is 0.300. The maximum absolute atomic E-state index is 13.5. The maximum Gasteiger partial charge on any atom is 0.199 e. The highest BCUT2D eigenvalue weighted by Crippen LogP contribution is 2.18. The lowest BCUT2D eigenvalue weighted by molar-refractivity contribution is 0.478. The number of nitrogens with two attached hydrogens (primary N) is 1. The van der Waals surface area contributed by atoms with E-state index in [0.717, 1.165) is 5.52 Å². The van der Waals surface area contributed by atoms with Crippen molar-refractivity contribution in [3.8, 4) is 0 Å². The van der Waals surface area contributed by atoms with Gasteiger partial charge >= 0.3 is 0 Å². The number of nitrogens with zero attached hydrogens (tertiary/aromatic N) is 2. The largest absolute Gasteiger partial charge is 0.319 e. The van der Waals surface area contributed by atoms with E-state index >= 15 is 0 Å². The lowest BCUT2D eigenvalue weighted by Gasteiger charge is -2.17. The molecule has 0 aliphatic heterocycles. The number of hydrogen-bond donors (Lipinski definition) is 1. The van der Waals surface area contributed by atoms with Crippen molar-refractivity contribution in [2.24, 2.45) is 5.73 Å². The molecule has 0 atom stereocenters. The molecule has 0 aliphatic rings. The predicted octanol–water partition coefficient (Wildman–Crippen LogP) is 1.67. The molecule has 2 heterocycles. The van der Waals surface area contributed by atoms with Gasteiger partial charge in [-0.2, -0.15) is 4.39 Å². The molecular formula is C10H12FN3. The van der Waals surface area contributed by atoms with Crippen molar-refractivity contribution in [3.63, 3.8) is 0 Å². The van der Waals surface area contributed by atoms with Crippen LogP contribution < -0.4 is 5.73 Å². The molecule has 0 saturated heterocycles. The standard InChI is InChI=1S/C10H12FN3/c1-10(2,12)9-13-6-7-4-3-5-8(11)14(7)9/h3-6H,12H2,1-2H3. The molecule has 0 aliphatic carbocycles. The maximum atomic E-state index is 13.5. The van der Waals surface area contributed by atoms with E-state index in [-0.39, 0.29) is 5.95 Å². The van der Waals surface area contributed by atoms with Crippen LogP contribution in [-0.4, -0.2) is 9.38 Å². The second-order valence-corrected chi connectivity index (χ2v) is 3.91. The highest BCUT2D eigenvalue weighted by molar-refractivity contribution is 5.46. The molecule has 4 heteroatoms. The average Bonchev–Trinajstić information content (AvgIpc) is 2.47. The Morgan fingerprint density at radius 3 is 2.79 bits per heavy atom. The van der Waals surface area contributed by atoms with Gasteiger partial charge in [-0.3, -0.25) is 4.40 Å². The van der Waals surface area contributed by atoms with E-state index in [1.807, 2.05) is 0 Å². The van der Waals surface area contributed by atoms with E-state index in [2.05, 4.69) is 4.98 Å². The van der Waals surface area contributed by atoms with Crippen molar-refractivity contribution in [3.05, 3.63) is 36.2 Å². The minimum atomic E-state index is -0.644. The first kappa shape index (κ1) is 9.15. The molecule has 0 amide bonds. The van der Waals surface area contributed by atoms with Gasteiger partial charge in [0.2, 0.25) is 0 Å². The third kappa shape index (κ3) is 1.28.